The molecule has 2 atom stereocenters. The summed E-state index contributed by atoms with van der Waals surface area (Å²) >= 11 is 0. The Balaban J connectivity index is 1.67. The molecule has 0 radical (unpaired) electrons. The number of fused-ring (bicyclic) bond motifs is 3. The second-order valence-electron chi connectivity index (χ2n) is 8.03. The molecule has 0 saturated carbocycles. The van der Waals surface area contributed by atoms with Gasteiger partial charge < -0.3 is 20.5 Å². The molecule has 1 aliphatic rings. The Kier molecular flexibility index (Phi) is 6.98. The van der Waals surface area contributed by atoms with E-state index in [1.807, 2.05) is 48.5 Å². The second-order valence-corrected chi connectivity index (χ2v) is 8.03. The van der Waals surface area contributed by atoms with Crippen molar-refractivity contribution in [1.82, 2.24) is 10.6 Å². The van der Waals surface area contributed by atoms with Crippen LogP contribution in [0.4, 0.5) is 4.79 Å². The van der Waals surface area contributed by atoms with Crippen LogP contribution in [-0.4, -0.2) is 41.3 Å². The molecule has 2 aromatic rings. The average molecular weight is 437 g/mol. The van der Waals surface area contributed by atoms with Gasteiger partial charge in [0.05, 0.1) is 0 Å². The number of nitrogens with one attached hydrogen (secondary N) is 2. The van der Waals surface area contributed by atoms with Gasteiger partial charge in [0.25, 0.3) is 0 Å². The minimum atomic E-state index is -1.43. The molecule has 7 nitrogen and oxygen atoms in total. The van der Waals surface area contributed by atoms with E-state index in [4.69, 9.17) is 4.74 Å². The van der Waals surface area contributed by atoms with E-state index in [1.165, 1.54) is 13.0 Å². The number of carboxylic acid groups (broad SMARTS) is 1. The molecule has 168 valence electrons. The maximum absolute atomic E-state index is 12.6. The van der Waals surface area contributed by atoms with Crippen LogP contribution in [0, 0.1) is 0 Å². The van der Waals surface area contributed by atoms with Crippen LogP contribution in [-0.2, 0) is 14.3 Å². The minimum Gasteiger partial charge on any atom is -0.480 e. The summed E-state index contributed by atoms with van der Waals surface area (Å²) in [6.07, 6.45) is 1.07. The zero-order valence-corrected chi connectivity index (χ0v) is 18.3. The number of alkyl carbamates (subject to hydrolysis) is 1. The van der Waals surface area contributed by atoms with Gasteiger partial charge in [0.15, 0.2) is 0 Å². The van der Waals surface area contributed by atoms with Crippen molar-refractivity contribution >= 4 is 18.0 Å². The topological polar surface area (TPSA) is 105 Å². The number of amides is 2. The Bertz CT molecular complexity index is 989. The highest BCUT2D eigenvalue weighted by atomic mass is 16.5. The lowest BCUT2D eigenvalue weighted by Gasteiger charge is -2.27. The molecular weight excluding hydrogens is 408 g/mol. The molecule has 0 bridgehead atoms. The third-order valence-corrected chi connectivity index (χ3v) is 5.93. The Morgan fingerprint density at radius 1 is 1.12 bits per heavy atom. The van der Waals surface area contributed by atoms with Gasteiger partial charge in [0.2, 0.25) is 5.91 Å². The van der Waals surface area contributed by atoms with Crippen molar-refractivity contribution in [3.63, 3.8) is 0 Å². The van der Waals surface area contributed by atoms with Crippen LogP contribution in [0.2, 0.25) is 0 Å². The first-order valence-electron chi connectivity index (χ1n) is 10.6. The zero-order valence-electron chi connectivity index (χ0n) is 18.3. The summed E-state index contributed by atoms with van der Waals surface area (Å²) < 4.78 is 5.49. The van der Waals surface area contributed by atoms with Crippen molar-refractivity contribution in [3.8, 4) is 11.1 Å². The fraction of sp³-hybridized carbons (Fsp3) is 0.320. The molecule has 3 N–H and O–H groups in total. The third-order valence-electron chi connectivity index (χ3n) is 5.93. The number of hydrogen-bond donors (Lipinski definition) is 3. The van der Waals surface area contributed by atoms with E-state index in [0.29, 0.717) is 0 Å². The van der Waals surface area contributed by atoms with Gasteiger partial charge in [-0.15, -0.1) is 6.58 Å². The lowest BCUT2D eigenvalue weighted by molar-refractivity contribution is -0.147. The van der Waals surface area contributed by atoms with Crippen LogP contribution in [0.5, 0.6) is 0 Å². The zero-order chi connectivity index (χ0) is 23.3. The average Bonchev–Trinajstić information content (AvgIpc) is 3.11. The SMILES string of the molecule is C=CCC(NC(=O)OCC1c2ccccc2-c2ccccc21)C(=O)NC(C)(CC)C(=O)O. The largest absolute Gasteiger partial charge is 0.480 e. The molecule has 7 heteroatoms. The smallest absolute Gasteiger partial charge is 0.407 e. The summed E-state index contributed by atoms with van der Waals surface area (Å²) in [4.78, 5) is 36.7. The van der Waals surface area contributed by atoms with E-state index in [0.717, 1.165) is 22.3 Å². The van der Waals surface area contributed by atoms with Crippen molar-refractivity contribution < 1.29 is 24.2 Å². The van der Waals surface area contributed by atoms with Crippen molar-refractivity contribution in [2.75, 3.05) is 6.61 Å². The summed E-state index contributed by atoms with van der Waals surface area (Å²) in [6, 6.07) is 15.0. The maximum Gasteiger partial charge on any atom is 0.407 e. The van der Waals surface area contributed by atoms with Crippen LogP contribution in [0.15, 0.2) is 61.2 Å². The summed E-state index contributed by atoms with van der Waals surface area (Å²) in [5.74, 6) is -1.85. The standard InChI is InChI=1S/C25H28N2O5/c1-4-10-21(22(28)27-25(3,5-2)23(29)30)26-24(31)32-15-20-18-13-8-6-11-16(18)17-12-7-9-14-19(17)20/h4,6-9,11-14,20-21H,1,5,10,15H2,2-3H3,(H,26,31)(H,27,28)(H,29,30). The fourth-order valence-electron chi connectivity index (χ4n) is 3.83. The first-order chi connectivity index (χ1) is 15.3. The minimum absolute atomic E-state index is 0.102. The van der Waals surface area contributed by atoms with E-state index in [-0.39, 0.29) is 25.4 Å². The highest BCUT2D eigenvalue weighted by molar-refractivity contribution is 5.91. The van der Waals surface area contributed by atoms with E-state index in [2.05, 4.69) is 17.2 Å². The predicted molar refractivity (Wildman–Crippen MR) is 121 cm³/mol. The Hall–Kier alpha value is -3.61. The lowest BCUT2D eigenvalue weighted by Crippen LogP contribution is -2.57. The quantitative estimate of drug-likeness (QED) is 0.518. The van der Waals surface area contributed by atoms with Crippen LogP contribution in [0.25, 0.3) is 11.1 Å². The number of ether oxygens (including phenoxy) is 1. The van der Waals surface area contributed by atoms with Crippen LogP contribution >= 0.6 is 0 Å². The molecule has 0 fully saturated rings. The molecule has 0 aromatic heterocycles. The van der Waals surface area contributed by atoms with E-state index < -0.39 is 29.6 Å². The van der Waals surface area contributed by atoms with Crippen LogP contribution in [0.1, 0.15) is 43.7 Å². The normalized spacial score (nSPS) is 14.9. The van der Waals surface area contributed by atoms with Gasteiger partial charge in [0.1, 0.15) is 18.2 Å². The molecular formula is C25H28N2O5. The Morgan fingerprint density at radius 3 is 2.19 bits per heavy atom. The van der Waals surface area contributed by atoms with Gasteiger partial charge in [-0.25, -0.2) is 9.59 Å². The summed E-state index contributed by atoms with van der Waals surface area (Å²) in [5, 5.41) is 14.4. The second kappa shape index (κ2) is 9.68. The summed E-state index contributed by atoms with van der Waals surface area (Å²) in [7, 11) is 0. The van der Waals surface area contributed by atoms with E-state index in [9.17, 15) is 19.5 Å². The number of hydrogen-bond acceptors (Lipinski definition) is 4. The maximum atomic E-state index is 12.6. The summed E-state index contributed by atoms with van der Waals surface area (Å²) in [6.45, 7) is 6.81. The van der Waals surface area contributed by atoms with Crippen molar-refractivity contribution in [1.29, 1.82) is 0 Å². The van der Waals surface area contributed by atoms with Gasteiger partial charge in [-0.3, -0.25) is 4.79 Å². The van der Waals surface area contributed by atoms with Gasteiger partial charge in [-0.2, -0.15) is 0 Å². The van der Waals surface area contributed by atoms with Crippen molar-refractivity contribution in [2.45, 2.75) is 44.2 Å². The summed E-state index contributed by atoms with van der Waals surface area (Å²) in [5.41, 5.74) is 2.98. The molecule has 2 aromatic carbocycles. The Labute approximate surface area is 187 Å². The van der Waals surface area contributed by atoms with Gasteiger partial charge >= 0.3 is 12.1 Å². The fourth-order valence-corrected chi connectivity index (χ4v) is 3.83. The molecule has 0 aliphatic heterocycles. The van der Waals surface area contributed by atoms with Crippen molar-refractivity contribution in [2.24, 2.45) is 0 Å². The number of benzene rings is 2. The molecule has 32 heavy (non-hydrogen) atoms. The van der Waals surface area contributed by atoms with Gasteiger partial charge in [-0.05, 0) is 42.0 Å². The number of carbonyl (C=O) groups is 3. The highest BCUT2D eigenvalue weighted by Crippen LogP contribution is 2.44. The number of carbonyl (C=O) groups excluding carboxylic acids is 2. The molecule has 3 rings (SSSR count). The van der Waals surface area contributed by atoms with E-state index >= 15 is 0 Å². The molecule has 2 unspecified atom stereocenters. The van der Waals surface area contributed by atoms with Crippen LogP contribution in [0.3, 0.4) is 0 Å². The molecule has 0 heterocycles. The van der Waals surface area contributed by atoms with Gasteiger partial charge in [0, 0.05) is 5.92 Å². The molecule has 0 spiro atoms. The number of carboxylic acids is 1. The first-order valence-corrected chi connectivity index (χ1v) is 10.6. The highest BCUT2D eigenvalue weighted by Gasteiger charge is 2.35. The van der Waals surface area contributed by atoms with Crippen LogP contribution < -0.4 is 10.6 Å². The third kappa shape index (κ3) is 4.66. The van der Waals surface area contributed by atoms with Crippen molar-refractivity contribution in [3.05, 3.63) is 72.3 Å². The van der Waals surface area contributed by atoms with Gasteiger partial charge in [-0.1, -0.05) is 61.5 Å². The number of aliphatic carboxylic acids is 1. The van der Waals surface area contributed by atoms with E-state index in [1.54, 1.807) is 6.92 Å². The lowest BCUT2D eigenvalue weighted by atomic mass is 9.98. The molecule has 2 amide bonds. The molecule has 1 aliphatic carbocycles. The first kappa shape index (κ1) is 23.1. The monoisotopic (exact) mass is 436 g/mol. The Morgan fingerprint density at radius 2 is 1.69 bits per heavy atom. The predicted octanol–water partition coefficient (Wildman–Crippen LogP) is 3.84. The number of rotatable bonds is 9. The molecule has 0 saturated heterocycles.